The molecule has 1 N–H and O–H groups in total. The minimum Gasteiger partial charge on any atom is -0.496 e. The Labute approximate surface area is 127 Å². The summed E-state index contributed by atoms with van der Waals surface area (Å²) < 4.78 is 5.41. The average Bonchev–Trinajstić information content (AvgIpc) is 2.55. The van der Waals surface area contributed by atoms with Crippen LogP contribution in [-0.2, 0) is 6.54 Å². The Bertz CT molecular complexity index is 490. The summed E-state index contributed by atoms with van der Waals surface area (Å²) in [6, 6.07) is 8.26. The molecule has 4 nitrogen and oxygen atoms in total. The number of rotatable bonds is 6. The van der Waals surface area contributed by atoms with Crippen LogP contribution in [0.4, 0.5) is 0 Å². The monoisotopic (exact) mass is 288 g/mol. The summed E-state index contributed by atoms with van der Waals surface area (Å²) >= 11 is 0. The highest BCUT2D eigenvalue weighted by atomic mass is 16.5. The Balaban J connectivity index is 2.14. The number of aliphatic hydroxyl groups is 1. The van der Waals surface area contributed by atoms with Crippen LogP contribution in [0.2, 0.25) is 0 Å². The molecule has 1 aromatic carbocycles. The first kappa shape index (κ1) is 15.8. The topological polar surface area (TPSA) is 56.5 Å². The lowest BCUT2D eigenvalue weighted by molar-refractivity contribution is 0.116. The van der Waals surface area contributed by atoms with Crippen LogP contribution in [0.25, 0.3) is 0 Å². The van der Waals surface area contributed by atoms with Crippen molar-refractivity contribution >= 4 is 0 Å². The lowest BCUT2D eigenvalue weighted by Gasteiger charge is -2.34. The van der Waals surface area contributed by atoms with Crippen molar-refractivity contribution in [3.8, 4) is 11.8 Å². The molecule has 0 atom stereocenters. The maximum absolute atomic E-state index is 9.34. The van der Waals surface area contributed by atoms with Gasteiger partial charge in [0.1, 0.15) is 5.75 Å². The first-order valence-corrected chi connectivity index (χ1v) is 7.70. The van der Waals surface area contributed by atoms with Crippen LogP contribution in [0.5, 0.6) is 5.75 Å². The molecule has 0 bridgehead atoms. The van der Waals surface area contributed by atoms with Gasteiger partial charge in [0.15, 0.2) is 0 Å². The summed E-state index contributed by atoms with van der Waals surface area (Å²) in [7, 11) is 1.64. The maximum atomic E-state index is 9.34. The minimum atomic E-state index is 0.176. The van der Waals surface area contributed by atoms with Crippen molar-refractivity contribution < 1.29 is 9.84 Å². The molecule has 0 unspecified atom stereocenters. The number of nitrogens with zero attached hydrogens (tertiary/aromatic N) is 2. The molecule has 1 saturated carbocycles. The van der Waals surface area contributed by atoms with Crippen molar-refractivity contribution in [2.45, 2.75) is 44.7 Å². The molecule has 1 aliphatic rings. The molecule has 21 heavy (non-hydrogen) atoms. The Kier molecular flexibility index (Phi) is 6.04. The second kappa shape index (κ2) is 8.02. The first-order valence-electron chi connectivity index (χ1n) is 7.70. The van der Waals surface area contributed by atoms with E-state index < -0.39 is 0 Å². The van der Waals surface area contributed by atoms with Crippen LogP contribution in [-0.4, -0.2) is 36.3 Å². The van der Waals surface area contributed by atoms with Gasteiger partial charge in [-0.25, -0.2) is 0 Å². The maximum Gasteiger partial charge on any atom is 0.124 e. The third kappa shape index (κ3) is 4.20. The smallest absolute Gasteiger partial charge is 0.124 e. The Morgan fingerprint density at radius 3 is 2.71 bits per heavy atom. The Morgan fingerprint density at radius 2 is 2.10 bits per heavy atom. The van der Waals surface area contributed by atoms with Gasteiger partial charge in [-0.3, -0.25) is 4.90 Å². The molecule has 4 heteroatoms. The standard InChI is InChI=1S/C17H24N2O2/c1-21-17-11-14(12-18)7-8-15(17)13-19(9-10-20)16-5-3-2-4-6-16/h7-8,11,16,20H,2-6,9-10,13H2,1H3. The van der Waals surface area contributed by atoms with E-state index in [0.717, 1.165) is 17.9 Å². The van der Waals surface area contributed by atoms with Gasteiger partial charge in [0.2, 0.25) is 0 Å². The molecule has 0 radical (unpaired) electrons. The van der Waals surface area contributed by atoms with E-state index in [-0.39, 0.29) is 6.61 Å². The molecule has 1 aromatic rings. The highest BCUT2D eigenvalue weighted by Gasteiger charge is 2.21. The summed E-state index contributed by atoms with van der Waals surface area (Å²) in [6.45, 7) is 1.63. The predicted molar refractivity (Wildman–Crippen MR) is 82.1 cm³/mol. The highest BCUT2D eigenvalue weighted by Crippen LogP contribution is 2.27. The van der Waals surface area contributed by atoms with E-state index in [0.29, 0.717) is 18.2 Å². The van der Waals surface area contributed by atoms with Gasteiger partial charge in [0.25, 0.3) is 0 Å². The first-order chi connectivity index (χ1) is 10.3. The number of aliphatic hydroxyl groups excluding tert-OH is 1. The van der Waals surface area contributed by atoms with E-state index in [1.54, 1.807) is 13.2 Å². The number of nitriles is 1. The molecule has 0 aliphatic heterocycles. The van der Waals surface area contributed by atoms with Crippen LogP contribution < -0.4 is 4.74 Å². The quantitative estimate of drug-likeness (QED) is 0.874. The van der Waals surface area contributed by atoms with Gasteiger partial charge in [-0.15, -0.1) is 0 Å². The molecule has 0 aromatic heterocycles. The van der Waals surface area contributed by atoms with Gasteiger partial charge in [-0.05, 0) is 25.0 Å². The molecular weight excluding hydrogens is 264 g/mol. The molecule has 0 saturated heterocycles. The summed E-state index contributed by atoms with van der Waals surface area (Å²) in [5.74, 6) is 0.757. The Hall–Kier alpha value is -1.57. The molecule has 0 heterocycles. The molecular formula is C17H24N2O2. The molecule has 1 fully saturated rings. The fourth-order valence-corrected chi connectivity index (χ4v) is 3.13. The molecule has 2 rings (SSSR count). The molecule has 1 aliphatic carbocycles. The third-order valence-electron chi connectivity index (χ3n) is 4.27. The second-order valence-corrected chi connectivity index (χ2v) is 5.62. The molecule has 0 spiro atoms. The van der Waals surface area contributed by atoms with Gasteiger partial charge in [-0.1, -0.05) is 25.3 Å². The summed E-state index contributed by atoms with van der Waals surface area (Å²) in [4.78, 5) is 2.35. The highest BCUT2D eigenvalue weighted by molar-refractivity contribution is 5.42. The number of benzene rings is 1. The van der Waals surface area contributed by atoms with Gasteiger partial charge < -0.3 is 9.84 Å². The Morgan fingerprint density at radius 1 is 1.33 bits per heavy atom. The molecule has 114 valence electrons. The van der Waals surface area contributed by atoms with Crippen molar-refractivity contribution in [2.75, 3.05) is 20.3 Å². The van der Waals surface area contributed by atoms with E-state index >= 15 is 0 Å². The van der Waals surface area contributed by atoms with Gasteiger partial charge in [0, 0.05) is 24.7 Å². The van der Waals surface area contributed by atoms with E-state index in [1.165, 1.54) is 32.1 Å². The predicted octanol–water partition coefficient (Wildman–Crippen LogP) is 2.69. The van der Waals surface area contributed by atoms with Crippen molar-refractivity contribution in [3.63, 3.8) is 0 Å². The van der Waals surface area contributed by atoms with Crippen molar-refractivity contribution in [1.29, 1.82) is 5.26 Å². The summed E-state index contributed by atoms with van der Waals surface area (Å²) in [5.41, 5.74) is 1.69. The van der Waals surface area contributed by atoms with E-state index in [4.69, 9.17) is 10.00 Å². The van der Waals surface area contributed by atoms with Crippen LogP contribution in [0, 0.1) is 11.3 Å². The summed E-state index contributed by atoms with van der Waals surface area (Å²) in [6.07, 6.45) is 6.29. The average molecular weight is 288 g/mol. The van der Waals surface area contributed by atoms with Crippen molar-refractivity contribution in [3.05, 3.63) is 29.3 Å². The number of methoxy groups -OCH3 is 1. The van der Waals surface area contributed by atoms with Crippen LogP contribution >= 0.6 is 0 Å². The zero-order chi connectivity index (χ0) is 15.1. The van der Waals surface area contributed by atoms with E-state index in [1.807, 2.05) is 12.1 Å². The third-order valence-corrected chi connectivity index (χ3v) is 4.27. The van der Waals surface area contributed by atoms with Crippen molar-refractivity contribution in [1.82, 2.24) is 4.90 Å². The van der Waals surface area contributed by atoms with Crippen LogP contribution in [0.15, 0.2) is 18.2 Å². The van der Waals surface area contributed by atoms with Gasteiger partial charge in [-0.2, -0.15) is 5.26 Å². The van der Waals surface area contributed by atoms with E-state index in [9.17, 15) is 5.11 Å². The summed E-state index contributed by atoms with van der Waals surface area (Å²) in [5, 5.41) is 18.3. The van der Waals surface area contributed by atoms with E-state index in [2.05, 4.69) is 11.0 Å². The largest absolute Gasteiger partial charge is 0.496 e. The van der Waals surface area contributed by atoms with Crippen molar-refractivity contribution in [2.24, 2.45) is 0 Å². The SMILES string of the molecule is COc1cc(C#N)ccc1CN(CCO)C1CCCCC1. The fourth-order valence-electron chi connectivity index (χ4n) is 3.13. The normalized spacial score (nSPS) is 15.9. The zero-order valence-electron chi connectivity index (χ0n) is 12.7. The fraction of sp³-hybridized carbons (Fsp3) is 0.588. The number of hydrogen-bond acceptors (Lipinski definition) is 4. The lowest BCUT2D eigenvalue weighted by atomic mass is 9.93. The number of ether oxygens (including phenoxy) is 1. The van der Waals surface area contributed by atoms with Crippen LogP contribution in [0.3, 0.4) is 0 Å². The molecule has 0 amide bonds. The number of hydrogen-bond donors (Lipinski definition) is 1. The second-order valence-electron chi connectivity index (χ2n) is 5.62. The zero-order valence-corrected chi connectivity index (χ0v) is 12.7. The van der Waals surface area contributed by atoms with Crippen LogP contribution in [0.1, 0.15) is 43.2 Å². The van der Waals surface area contributed by atoms with Gasteiger partial charge >= 0.3 is 0 Å². The van der Waals surface area contributed by atoms with Gasteiger partial charge in [0.05, 0.1) is 25.3 Å². The minimum absolute atomic E-state index is 0.176. The lowest BCUT2D eigenvalue weighted by Crippen LogP contribution is -2.38.